The fraction of sp³-hybridized carbons (Fsp3) is 1.00. The first-order chi connectivity index (χ1) is 9.49. The highest BCUT2D eigenvalue weighted by Crippen LogP contribution is 2.66. The SMILES string of the molecule is CC(C)(O)C1C[C@@H]2[C@@]3(C)CCCC(C)(C)[C@@H]3CC[C@@]2(C)O1. The third-order valence-electron chi connectivity index (χ3n) is 7.39. The average molecular weight is 294 g/mol. The molecule has 1 unspecified atom stereocenters. The smallest absolute Gasteiger partial charge is 0.0867 e. The third kappa shape index (κ3) is 2.28. The normalized spacial score (nSPS) is 49.6. The zero-order valence-corrected chi connectivity index (χ0v) is 14.8. The van der Waals surface area contributed by atoms with Gasteiger partial charge in [-0.3, -0.25) is 0 Å². The average Bonchev–Trinajstić information content (AvgIpc) is 2.67. The van der Waals surface area contributed by atoms with Gasteiger partial charge >= 0.3 is 0 Å². The molecule has 1 saturated heterocycles. The lowest BCUT2D eigenvalue weighted by atomic mass is 9.45. The number of hydrogen-bond acceptors (Lipinski definition) is 2. The molecule has 122 valence electrons. The molecule has 2 saturated carbocycles. The van der Waals surface area contributed by atoms with E-state index in [2.05, 4.69) is 27.7 Å². The maximum atomic E-state index is 10.4. The standard InChI is InChI=1S/C19H34O2/c1-16(2)9-7-10-18(5)13(16)8-11-19(6)14(18)12-15(21-19)17(3,4)20/h13-15,20H,7-12H2,1-6H3/t13-,14+,15?,18-,19+/m0/s1. The van der Waals surface area contributed by atoms with Crippen LogP contribution in [0.5, 0.6) is 0 Å². The molecule has 2 heteroatoms. The molecule has 3 aliphatic rings. The summed E-state index contributed by atoms with van der Waals surface area (Å²) in [4.78, 5) is 0. The lowest BCUT2D eigenvalue weighted by Gasteiger charge is -2.60. The third-order valence-corrected chi connectivity index (χ3v) is 7.39. The number of fused-ring (bicyclic) bond motifs is 3. The molecule has 3 rings (SSSR count). The summed E-state index contributed by atoms with van der Waals surface area (Å²) in [5, 5.41) is 10.4. The first-order valence-corrected chi connectivity index (χ1v) is 8.89. The summed E-state index contributed by atoms with van der Waals surface area (Å²) in [5.41, 5.74) is 0.0929. The van der Waals surface area contributed by atoms with E-state index in [-0.39, 0.29) is 11.7 Å². The van der Waals surface area contributed by atoms with Crippen LogP contribution in [0.15, 0.2) is 0 Å². The fourth-order valence-corrected chi connectivity index (χ4v) is 6.29. The first-order valence-electron chi connectivity index (χ1n) is 8.89. The predicted molar refractivity (Wildman–Crippen MR) is 86.1 cm³/mol. The van der Waals surface area contributed by atoms with Crippen LogP contribution in [0.25, 0.3) is 0 Å². The Morgan fingerprint density at radius 3 is 2.29 bits per heavy atom. The second-order valence-corrected chi connectivity index (χ2v) is 9.80. The maximum absolute atomic E-state index is 10.4. The van der Waals surface area contributed by atoms with Gasteiger partial charge in [-0.25, -0.2) is 0 Å². The van der Waals surface area contributed by atoms with E-state index < -0.39 is 5.60 Å². The molecule has 0 aromatic rings. The van der Waals surface area contributed by atoms with E-state index in [1.54, 1.807) is 0 Å². The van der Waals surface area contributed by atoms with Crippen molar-refractivity contribution in [3.05, 3.63) is 0 Å². The van der Waals surface area contributed by atoms with Crippen LogP contribution >= 0.6 is 0 Å². The fourth-order valence-electron chi connectivity index (χ4n) is 6.29. The number of aliphatic hydroxyl groups is 1. The van der Waals surface area contributed by atoms with Crippen molar-refractivity contribution in [3.8, 4) is 0 Å². The van der Waals surface area contributed by atoms with E-state index in [9.17, 15) is 5.11 Å². The molecule has 21 heavy (non-hydrogen) atoms. The number of hydrogen-bond donors (Lipinski definition) is 1. The minimum Gasteiger partial charge on any atom is -0.388 e. The van der Waals surface area contributed by atoms with Gasteiger partial charge in [0, 0.05) is 0 Å². The molecule has 1 aliphatic heterocycles. The Kier molecular flexibility index (Phi) is 3.37. The number of ether oxygens (including phenoxy) is 1. The van der Waals surface area contributed by atoms with Gasteiger partial charge < -0.3 is 9.84 Å². The Morgan fingerprint density at radius 1 is 1.00 bits per heavy atom. The van der Waals surface area contributed by atoms with Crippen LogP contribution in [-0.2, 0) is 4.74 Å². The van der Waals surface area contributed by atoms with Gasteiger partial charge in [0.15, 0.2) is 0 Å². The molecule has 1 heterocycles. The summed E-state index contributed by atoms with van der Waals surface area (Å²) in [6, 6.07) is 0. The van der Waals surface area contributed by atoms with Gasteiger partial charge in [-0.05, 0) is 75.5 Å². The molecule has 1 N–H and O–H groups in total. The molecule has 5 atom stereocenters. The first kappa shape index (κ1) is 15.8. The predicted octanol–water partition coefficient (Wildman–Crippen LogP) is 4.55. The van der Waals surface area contributed by atoms with E-state index in [0.717, 1.165) is 18.8 Å². The van der Waals surface area contributed by atoms with Crippen molar-refractivity contribution in [1.29, 1.82) is 0 Å². The molecule has 0 amide bonds. The van der Waals surface area contributed by atoms with E-state index in [1.165, 1.54) is 25.7 Å². The minimum absolute atomic E-state index is 0.00638. The highest BCUT2D eigenvalue weighted by Gasteiger charge is 2.63. The van der Waals surface area contributed by atoms with Crippen LogP contribution in [-0.4, -0.2) is 22.4 Å². The second kappa shape index (κ2) is 4.47. The van der Waals surface area contributed by atoms with Crippen LogP contribution in [0, 0.1) is 22.7 Å². The second-order valence-electron chi connectivity index (χ2n) is 9.80. The number of rotatable bonds is 1. The summed E-state index contributed by atoms with van der Waals surface area (Å²) in [7, 11) is 0. The zero-order valence-electron chi connectivity index (χ0n) is 14.8. The maximum Gasteiger partial charge on any atom is 0.0867 e. The Labute approximate surface area is 130 Å². The van der Waals surface area contributed by atoms with Crippen LogP contribution in [0.3, 0.4) is 0 Å². The molecule has 0 aromatic carbocycles. The van der Waals surface area contributed by atoms with E-state index in [1.807, 2.05) is 13.8 Å². The molecule has 2 aliphatic carbocycles. The largest absolute Gasteiger partial charge is 0.388 e. The van der Waals surface area contributed by atoms with Crippen LogP contribution in [0.2, 0.25) is 0 Å². The van der Waals surface area contributed by atoms with E-state index in [0.29, 0.717) is 16.7 Å². The quantitative estimate of drug-likeness (QED) is 0.769. The van der Waals surface area contributed by atoms with Crippen molar-refractivity contribution >= 4 is 0 Å². The van der Waals surface area contributed by atoms with Crippen molar-refractivity contribution in [2.24, 2.45) is 22.7 Å². The molecule has 0 bridgehead atoms. The lowest BCUT2D eigenvalue weighted by molar-refractivity contribution is -0.172. The van der Waals surface area contributed by atoms with Gasteiger partial charge in [-0.1, -0.05) is 27.2 Å². The Hall–Kier alpha value is -0.0800. The van der Waals surface area contributed by atoms with Crippen LogP contribution < -0.4 is 0 Å². The highest BCUT2D eigenvalue weighted by molar-refractivity contribution is 5.12. The van der Waals surface area contributed by atoms with Crippen molar-refractivity contribution in [1.82, 2.24) is 0 Å². The van der Waals surface area contributed by atoms with Crippen molar-refractivity contribution in [2.75, 3.05) is 0 Å². The zero-order chi connectivity index (χ0) is 15.7. The van der Waals surface area contributed by atoms with Crippen molar-refractivity contribution in [3.63, 3.8) is 0 Å². The molecule has 3 fully saturated rings. The van der Waals surface area contributed by atoms with Gasteiger partial charge in [-0.2, -0.15) is 0 Å². The summed E-state index contributed by atoms with van der Waals surface area (Å²) in [6.45, 7) is 13.6. The molecular formula is C19H34O2. The van der Waals surface area contributed by atoms with Gasteiger partial charge in [0.1, 0.15) is 0 Å². The van der Waals surface area contributed by atoms with Gasteiger partial charge in [0.25, 0.3) is 0 Å². The van der Waals surface area contributed by atoms with Gasteiger partial charge in [0.05, 0.1) is 17.3 Å². The Bertz CT molecular complexity index is 422. The lowest BCUT2D eigenvalue weighted by Crippen LogP contribution is -2.55. The molecule has 0 spiro atoms. The summed E-state index contributed by atoms with van der Waals surface area (Å²) in [6.07, 6.45) is 7.52. The van der Waals surface area contributed by atoms with Crippen LogP contribution in [0.1, 0.15) is 80.1 Å². The molecule has 0 radical (unpaired) electrons. The van der Waals surface area contributed by atoms with Crippen LogP contribution in [0.4, 0.5) is 0 Å². The van der Waals surface area contributed by atoms with E-state index >= 15 is 0 Å². The van der Waals surface area contributed by atoms with Gasteiger partial charge in [-0.15, -0.1) is 0 Å². The molecular weight excluding hydrogens is 260 g/mol. The molecule has 0 aromatic heterocycles. The molecule has 2 nitrogen and oxygen atoms in total. The Balaban J connectivity index is 1.94. The topological polar surface area (TPSA) is 29.5 Å². The summed E-state index contributed by atoms with van der Waals surface area (Å²) in [5.74, 6) is 1.40. The minimum atomic E-state index is -0.726. The van der Waals surface area contributed by atoms with Crippen molar-refractivity contribution < 1.29 is 9.84 Å². The summed E-state index contributed by atoms with van der Waals surface area (Å²) < 4.78 is 6.45. The van der Waals surface area contributed by atoms with Crippen molar-refractivity contribution in [2.45, 2.75) is 97.4 Å². The van der Waals surface area contributed by atoms with Gasteiger partial charge in [0.2, 0.25) is 0 Å². The Morgan fingerprint density at radius 2 is 1.67 bits per heavy atom. The highest BCUT2D eigenvalue weighted by atomic mass is 16.5. The van der Waals surface area contributed by atoms with E-state index in [4.69, 9.17) is 4.74 Å². The monoisotopic (exact) mass is 294 g/mol. The summed E-state index contributed by atoms with van der Waals surface area (Å²) >= 11 is 0.